The van der Waals surface area contributed by atoms with E-state index in [1.165, 1.54) is 11.8 Å². The molecule has 8 heteroatoms. The Morgan fingerprint density at radius 3 is 3.33 bits per heavy atom. The molecule has 2 N–H and O–H groups in total. The first-order valence-electron chi connectivity index (χ1n) is 6.73. The quantitative estimate of drug-likeness (QED) is 0.821. The number of ether oxygens (including phenoxy) is 1. The highest BCUT2D eigenvalue weighted by Crippen LogP contribution is 2.20. The fourth-order valence-electron chi connectivity index (χ4n) is 2.14. The van der Waals surface area contributed by atoms with Gasteiger partial charge in [0, 0.05) is 19.3 Å². The van der Waals surface area contributed by atoms with Crippen LogP contribution in [0.4, 0.5) is 0 Å². The zero-order valence-corrected chi connectivity index (χ0v) is 12.8. The third-order valence-corrected chi connectivity index (χ3v) is 4.25. The van der Waals surface area contributed by atoms with Crippen LogP contribution < -0.4 is 5.32 Å². The summed E-state index contributed by atoms with van der Waals surface area (Å²) in [6, 6.07) is 1.76. The summed E-state index contributed by atoms with van der Waals surface area (Å²) in [7, 11) is 0. The van der Waals surface area contributed by atoms with Crippen LogP contribution in [0.3, 0.4) is 0 Å². The Bertz CT molecular complexity index is 642. The molecule has 0 aromatic carbocycles. The summed E-state index contributed by atoms with van der Waals surface area (Å²) in [5, 5.41) is 4.09. The Kier molecular flexibility index (Phi) is 4.62. The fourth-order valence-corrected chi connectivity index (χ4v) is 3.00. The molecular formula is C13H15ClN4O2S. The predicted octanol–water partition coefficient (Wildman–Crippen LogP) is 2.00. The summed E-state index contributed by atoms with van der Waals surface area (Å²) in [5.41, 5.74) is 1.37. The number of fused-ring (bicyclic) bond motifs is 1. The van der Waals surface area contributed by atoms with E-state index in [2.05, 4.69) is 20.3 Å². The van der Waals surface area contributed by atoms with Crippen molar-refractivity contribution in [3.8, 4) is 0 Å². The van der Waals surface area contributed by atoms with Gasteiger partial charge in [0.1, 0.15) is 0 Å². The van der Waals surface area contributed by atoms with Crippen molar-refractivity contribution in [1.29, 1.82) is 0 Å². The van der Waals surface area contributed by atoms with Crippen LogP contribution in [0.15, 0.2) is 17.4 Å². The summed E-state index contributed by atoms with van der Waals surface area (Å²) in [6.45, 7) is 1.38. The smallest absolute Gasteiger partial charge is 0.230 e. The van der Waals surface area contributed by atoms with Gasteiger partial charge < -0.3 is 15.0 Å². The van der Waals surface area contributed by atoms with E-state index < -0.39 is 0 Å². The van der Waals surface area contributed by atoms with E-state index in [0.717, 1.165) is 25.0 Å². The SMILES string of the molecule is O=C(CSc1nc2ncc(Cl)cc2[nH]1)NC[C@@H]1CCCO1. The van der Waals surface area contributed by atoms with E-state index in [4.69, 9.17) is 16.3 Å². The zero-order chi connectivity index (χ0) is 14.7. The molecule has 0 bridgehead atoms. The summed E-state index contributed by atoms with van der Waals surface area (Å²) in [5.74, 6) is 0.280. The zero-order valence-electron chi connectivity index (χ0n) is 11.3. The van der Waals surface area contributed by atoms with Crippen LogP contribution in [0.2, 0.25) is 5.02 Å². The number of pyridine rings is 1. The molecule has 3 heterocycles. The topological polar surface area (TPSA) is 79.9 Å². The summed E-state index contributed by atoms with van der Waals surface area (Å²) in [6.07, 6.45) is 3.80. The van der Waals surface area contributed by atoms with Crippen molar-refractivity contribution in [2.45, 2.75) is 24.1 Å². The standard InChI is InChI=1S/C13H15ClN4O2S/c14-8-4-10-12(16-5-8)18-13(17-10)21-7-11(19)15-6-9-2-1-3-20-9/h4-5,9H,1-3,6-7H2,(H,15,19)(H,16,17,18)/t9-/m0/s1. The molecule has 0 saturated carbocycles. The maximum Gasteiger partial charge on any atom is 0.230 e. The lowest BCUT2D eigenvalue weighted by atomic mass is 10.2. The number of H-pyrrole nitrogens is 1. The highest BCUT2D eigenvalue weighted by molar-refractivity contribution is 7.99. The van der Waals surface area contributed by atoms with E-state index in [-0.39, 0.29) is 12.0 Å². The fraction of sp³-hybridized carbons (Fsp3) is 0.462. The van der Waals surface area contributed by atoms with Gasteiger partial charge in [-0.05, 0) is 18.9 Å². The van der Waals surface area contributed by atoms with Crippen molar-refractivity contribution in [3.63, 3.8) is 0 Å². The van der Waals surface area contributed by atoms with Gasteiger partial charge >= 0.3 is 0 Å². The van der Waals surface area contributed by atoms with Crippen molar-refractivity contribution in [2.24, 2.45) is 0 Å². The number of halogens is 1. The molecule has 1 atom stereocenters. The lowest BCUT2D eigenvalue weighted by Crippen LogP contribution is -2.32. The number of rotatable bonds is 5. The normalized spacial score (nSPS) is 18.2. The molecular weight excluding hydrogens is 312 g/mol. The second-order valence-electron chi connectivity index (χ2n) is 4.79. The molecule has 1 amide bonds. The molecule has 1 aliphatic heterocycles. The summed E-state index contributed by atoms with van der Waals surface area (Å²) in [4.78, 5) is 23.3. The first-order valence-corrected chi connectivity index (χ1v) is 8.09. The minimum Gasteiger partial charge on any atom is -0.376 e. The van der Waals surface area contributed by atoms with Gasteiger partial charge in [-0.25, -0.2) is 9.97 Å². The minimum atomic E-state index is -0.0260. The van der Waals surface area contributed by atoms with Crippen molar-refractivity contribution < 1.29 is 9.53 Å². The monoisotopic (exact) mass is 326 g/mol. The van der Waals surface area contributed by atoms with Crippen LogP contribution in [0.25, 0.3) is 11.2 Å². The number of carbonyl (C=O) groups is 1. The number of aromatic nitrogens is 3. The van der Waals surface area contributed by atoms with Gasteiger partial charge in [-0.3, -0.25) is 4.79 Å². The number of nitrogens with zero attached hydrogens (tertiary/aromatic N) is 2. The molecule has 3 rings (SSSR count). The number of aromatic amines is 1. The lowest BCUT2D eigenvalue weighted by Gasteiger charge is -2.09. The molecule has 2 aromatic heterocycles. The molecule has 0 spiro atoms. The van der Waals surface area contributed by atoms with Crippen LogP contribution >= 0.6 is 23.4 Å². The van der Waals surface area contributed by atoms with Gasteiger partial charge in [0.25, 0.3) is 0 Å². The molecule has 1 aliphatic rings. The molecule has 6 nitrogen and oxygen atoms in total. The largest absolute Gasteiger partial charge is 0.376 e. The van der Waals surface area contributed by atoms with Crippen LogP contribution in [0, 0.1) is 0 Å². The number of imidazole rings is 1. The van der Waals surface area contributed by atoms with Gasteiger partial charge in [0.05, 0.1) is 22.4 Å². The van der Waals surface area contributed by atoms with E-state index >= 15 is 0 Å². The number of hydrogen-bond acceptors (Lipinski definition) is 5. The molecule has 2 aromatic rings. The van der Waals surface area contributed by atoms with E-state index in [0.29, 0.717) is 28.1 Å². The van der Waals surface area contributed by atoms with E-state index in [9.17, 15) is 4.79 Å². The Morgan fingerprint density at radius 2 is 2.52 bits per heavy atom. The Morgan fingerprint density at radius 1 is 1.62 bits per heavy atom. The lowest BCUT2D eigenvalue weighted by molar-refractivity contribution is -0.119. The van der Waals surface area contributed by atoms with Crippen molar-refractivity contribution >= 4 is 40.4 Å². The third-order valence-electron chi connectivity index (χ3n) is 3.17. The molecule has 0 unspecified atom stereocenters. The Hall–Kier alpha value is -1.31. The van der Waals surface area contributed by atoms with Crippen molar-refractivity contribution in [2.75, 3.05) is 18.9 Å². The van der Waals surface area contributed by atoms with Crippen LogP contribution in [0.5, 0.6) is 0 Å². The van der Waals surface area contributed by atoms with Gasteiger partial charge in [0.15, 0.2) is 10.8 Å². The van der Waals surface area contributed by atoms with Gasteiger partial charge in [0.2, 0.25) is 5.91 Å². The second-order valence-corrected chi connectivity index (χ2v) is 6.19. The highest BCUT2D eigenvalue weighted by Gasteiger charge is 2.16. The van der Waals surface area contributed by atoms with E-state index in [1.54, 1.807) is 12.3 Å². The maximum atomic E-state index is 11.8. The molecule has 1 saturated heterocycles. The molecule has 0 aliphatic carbocycles. The molecule has 0 radical (unpaired) electrons. The van der Waals surface area contributed by atoms with Crippen LogP contribution in [-0.4, -0.2) is 45.9 Å². The number of thioether (sulfide) groups is 1. The molecule has 112 valence electrons. The average molecular weight is 327 g/mol. The summed E-state index contributed by atoms with van der Waals surface area (Å²) < 4.78 is 5.46. The van der Waals surface area contributed by atoms with Gasteiger partial charge in [-0.1, -0.05) is 23.4 Å². The van der Waals surface area contributed by atoms with E-state index in [1.807, 2.05) is 0 Å². The Balaban J connectivity index is 1.49. The first-order chi connectivity index (χ1) is 10.2. The van der Waals surface area contributed by atoms with Crippen LogP contribution in [0.1, 0.15) is 12.8 Å². The Labute approximate surface area is 131 Å². The number of amides is 1. The number of nitrogens with one attached hydrogen (secondary N) is 2. The highest BCUT2D eigenvalue weighted by atomic mass is 35.5. The average Bonchev–Trinajstić information content (AvgIpc) is 3.11. The van der Waals surface area contributed by atoms with Gasteiger partial charge in [-0.2, -0.15) is 0 Å². The number of hydrogen-bond donors (Lipinski definition) is 2. The predicted molar refractivity (Wildman–Crippen MR) is 81.6 cm³/mol. The van der Waals surface area contributed by atoms with Gasteiger partial charge in [-0.15, -0.1) is 0 Å². The summed E-state index contributed by atoms with van der Waals surface area (Å²) >= 11 is 7.21. The first kappa shape index (κ1) is 14.6. The van der Waals surface area contributed by atoms with Crippen molar-refractivity contribution in [3.05, 3.63) is 17.3 Å². The van der Waals surface area contributed by atoms with Crippen LogP contribution in [-0.2, 0) is 9.53 Å². The second kappa shape index (κ2) is 6.64. The molecule has 21 heavy (non-hydrogen) atoms. The third kappa shape index (κ3) is 3.87. The molecule has 1 fully saturated rings. The maximum absolute atomic E-state index is 11.8. The van der Waals surface area contributed by atoms with Crippen molar-refractivity contribution in [1.82, 2.24) is 20.3 Å². The number of carbonyl (C=O) groups excluding carboxylic acids is 1. The minimum absolute atomic E-state index is 0.0260.